The predicted octanol–water partition coefficient (Wildman–Crippen LogP) is 3.03. The summed E-state index contributed by atoms with van der Waals surface area (Å²) in [6.07, 6.45) is 0.943. The van der Waals surface area contributed by atoms with Gasteiger partial charge in [0.15, 0.2) is 0 Å². The van der Waals surface area contributed by atoms with E-state index in [-0.39, 0.29) is 23.9 Å². The standard InChI is InChI=1S/C17H20FN3O/c1-13-10-21(11-14(9-20)3-2-8-19)12-17(22-13)15-4-6-16(18)7-5-15/h4-7,13-14,17H,2-3,10-12H2,1H3/t13-,14-,17-/m1/s1. The van der Waals surface area contributed by atoms with Crippen LogP contribution < -0.4 is 0 Å². The fraction of sp³-hybridized carbons (Fsp3) is 0.529. The zero-order chi connectivity index (χ0) is 15.9. The molecule has 0 saturated carbocycles. The van der Waals surface area contributed by atoms with Crippen LogP contribution in [0.5, 0.6) is 0 Å². The molecule has 4 nitrogen and oxygen atoms in total. The molecular formula is C17H20FN3O. The maximum atomic E-state index is 13.0. The van der Waals surface area contributed by atoms with Crippen LogP contribution in [-0.2, 0) is 4.74 Å². The smallest absolute Gasteiger partial charge is 0.123 e. The van der Waals surface area contributed by atoms with Gasteiger partial charge in [0, 0.05) is 26.1 Å². The molecule has 2 rings (SSSR count). The Balaban J connectivity index is 2.00. The largest absolute Gasteiger partial charge is 0.368 e. The van der Waals surface area contributed by atoms with E-state index in [1.165, 1.54) is 12.1 Å². The molecule has 1 aliphatic rings. The number of hydrogen-bond acceptors (Lipinski definition) is 4. The highest BCUT2D eigenvalue weighted by Gasteiger charge is 2.27. The fourth-order valence-corrected chi connectivity index (χ4v) is 2.80. The summed E-state index contributed by atoms with van der Waals surface area (Å²) in [5, 5.41) is 17.9. The molecule has 1 fully saturated rings. The van der Waals surface area contributed by atoms with Crippen LogP contribution in [0.15, 0.2) is 24.3 Å². The highest BCUT2D eigenvalue weighted by molar-refractivity contribution is 5.19. The monoisotopic (exact) mass is 301 g/mol. The molecule has 5 heteroatoms. The highest BCUT2D eigenvalue weighted by Crippen LogP contribution is 2.26. The number of rotatable bonds is 5. The number of morpholine rings is 1. The van der Waals surface area contributed by atoms with E-state index in [4.69, 9.17) is 10.00 Å². The lowest BCUT2D eigenvalue weighted by Gasteiger charge is -2.37. The molecule has 22 heavy (non-hydrogen) atoms. The van der Waals surface area contributed by atoms with Crippen molar-refractivity contribution in [3.63, 3.8) is 0 Å². The van der Waals surface area contributed by atoms with E-state index in [9.17, 15) is 9.65 Å². The van der Waals surface area contributed by atoms with Gasteiger partial charge in [0.25, 0.3) is 0 Å². The van der Waals surface area contributed by atoms with Gasteiger partial charge in [-0.3, -0.25) is 4.90 Å². The first-order valence-electron chi connectivity index (χ1n) is 7.52. The maximum absolute atomic E-state index is 13.0. The lowest BCUT2D eigenvalue weighted by Crippen LogP contribution is -2.44. The fourth-order valence-electron chi connectivity index (χ4n) is 2.80. The molecule has 0 unspecified atom stereocenters. The van der Waals surface area contributed by atoms with Gasteiger partial charge in [-0.1, -0.05) is 12.1 Å². The summed E-state index contributed by atoms with van der Waals surface area (Å²) in [6.45, 7) is 4.09. The molecule has 3 atom stereocenters. The van der Waals surface area contributed by atoms with Crippen LogP contribution in [0.1, 0.15) is 31.4 Å². The molecule has 0 bridgehead atoms. The summed E-state index contributed by atoms with van der Waals surface area (Å²) in [5.41, 5.74) is 0.948. The van der Waals surface area contributed by atoms with Gasteiger partial charge in [-0.25, -0.2) is 4.39 Å². The summed E-state index contributed by atoms with van der Waals surface area (Å²) in [4.78, 5) is 2.20. The molecule has 1 aromatic rings. The zero-order valence-electron chi connectivity index (χ0n) is 12.7. The van der Waals surface area contributed by atoms with Crippen molar-refractivity contribution in [1.29, 1.82) is 10.5 Å². The van der Waals surface area contributed by atoms with E-state index in [0.717, 1.165) is 12.1 Å². The quantitative estimate of drug-likeness (QED) is 0.838. The molecule has 0 radical (unpaired) electrons. The first kappa shape index (κ1) is 16.4. The van der Waals surface area contributed by atoms with Gasteiger partial charge in [0.2, 0.25) is 0 Å². The van der Waals surface area contributed by atoms with Crippen LogP contribution in [0, 0.1) is 34.4 Å². The Labute approximate surface area is 130 Å². The Morgan fingerprint density at radius 3 is 2.68 bits per heavy atom. The van der Waals surface area contributed by atoms with Crippen molar-refractivity contribution in [2.75, 3.05) is 19.6 Å². The molecule has 0 aromatic heterocycles. The van der Waals surface area contributed by atoms with Crippen LogP contribution in [0.2, 0.25) is 0 Å². The SMILES string of the molecule is C[C@@H]1CN(C[C@@H](C#N)CCC#N)C[C@H](c2ccc(F)cc2)O1. The molecule has 1 aromatic carbocycles. The van der Waals surface area contributed by atoms with Gasteiger partial charge in [-0.2, -0.15) is 10.5 Å². The number of nitrogens with zero attached hydrogens (tertiary/aromatic N) is 3. The van der Waals surface area contributed by atoms with Crippen LogP contribution in [0.4, 0.5) is 4.39 Å². The lowest BCUT2D eigenvalue weighted by atomic mass is 10.0. The van der Waals surface area contributed by atoms with Crippen molar-refractivity contribution in [2.45, 2.75) is 32.0 Å². The minimum atomic E-state index is -0.259. The molecule has 1 heterocycles. The van der Waals surface area contributed by atoms with Crippen LogP contribution in [0.3, 0.4) is 0 Å². The van der Waals surface area contributed by atoms with Gasteiger partial charge >= 0.3 is 0 Å². The van der Waals surface area contributed by atoms with Crippen molar-refractivity contribution in [1.82, 2.24) is 4.90 Å². The van der Waals surface area contributed by atoms with Gasteiger partial charge in [-0.15, -0.1) is 0 Å². The number of nitriles is 2. The van der Waals surface area contributed by atoms with Crippen molar-refractivity contribution < 1.29 is 9.13 Å². The Bertz CT molecular complexity index is 561. The second kappa shape index (κ2) is 7.89. The minimum absolute atomic E-state index is 0.0547. The summed E-state index contributed by atoms with van der Waals surface area (Å²) in [6, 6.07) is 10.7. The van der Waals surface area contributed by atoms with Gasteiger partial charge in [0.1, 0.15) is 5.82 Å². The summed E-state index contributed by atoms with van der Waals surface area (Å²) in [7, 11) is 0. The first-order chi connectivity index (χ1) is 10.6. The average molecular weight is 301 g/mol. The molecular weight excluding hydrogens is 281 g/mol. The second-order valence-corrected chi connectivity index (χ2v) is 5.73. The number of ether oxygens (including phenoxy) is 1. The highest BCUT2D eigenvalue weighted by atomic mass is 19.1. The van der Waals surface area contributed by atoms with Crippen molar-refractivity contribution in [3.05, 3.63) is 35.6 Å². The summed E-state index contributed by atoms with van der Waals surface area (Å²) < 4.78 is 19.0. The average Bonchev–Trinajstić information content (AvgIpc) is 2.51. The summed E-state index contributed by atoms with van der Waals surface area (Å²) >= 11 is 0. The van der Waals surface area contributed by atoms with E-state index in [0.29, 0.717) is 25.9 Å². The zero-order valence-corrected chi connectivity index (χ0v) is 12.7. The third-order valence-corrected chi connectivity index (χ3v) is 3.84. The molecule has 116 valence electrons. The Morgan fingerprint density at radius 2 is 2.05 bits per heavy atom. The molecule has 0 amide bonds. The second-order valence-electron chi connectivity index (χ2n) is 5.73. The van der Waals surface area contributed by atoms with E-state index in [1.807, 2.05) is 6.92 Å². The predicted molar refractivity (Wildman–Crippen MR) is 80.1 cm³/mol. The number of hydrogen-bond donors (Lipinski definition) is 0. The van der Waals surface area contributed by atoms with Crippen molar-refractivity contribution >= 4 is 0 Å². The van der Waals surface area contributed by atoms with E-state index in [2.05, 4.69) is 17.0 Å². The first-order valence-corrected chi connectivity index (χ1v) is 7.52. The number of benzene rings is 1. The minimum Gasteiger partial charge on any atom is -0.368 e. The van der Waals surface area contributed by atoms with E-state index >= 15 is 0 Å². The molecule has 1 saturated heterocycles. The Hall–Kier alpha value is -1.95. The number of halogens is 1. The topological polar surface area (TPSA) is 60.0 Å². The third-order valence-electron chi connectivity index (χ3n) is 3.84. The van der Waals surface area contributed by atoms with Crippen LogP contribution in [0.25, 0.3) is 0 Å². The van der Waals surface area contributed by atoms with Crippen molar-refractivity contribution in [2.24, 2.45) is 5.92 Å². The van der Waals surface area contributed by atoms with Crippen molar-refractivity contribution in [3.8, 4) is 12.1 Å². The Kier molecular flexibility index (Phi) is 5.89. The maximum Gasteiger partial charge on any atom is 0.123 e. The third kappa shape index (κ3) is 4.53. The normalized spacial score (nSPS) is 23.5. The van der Waals surface area contributed by atoms with Gasteiger partial charge in [0.05, 0.1) is 30.3 Å². The van der Waals surface area contributed by atoms with E-state index in [1.54, 1.807) is 12.1 Å². The van der Waals surface area contributed by atoms with Gasteiger partial charge < -0.3 is 4.74 Å². The Morgan fingerprint density at radius 1 is 1.32 bits per heavy atom. The lowest BCUT2D eigenvalue weighted by molar-refractivity contribution is -0.0809. The van der Waals surface area contributed by atoms with Gasteiger partial charge in [-0.05, 0) is 31.0 Å². The molecule has 1 aliphatic heterocycles. The summed E-state index contributed by atoms with van der Waals surface area (Å²) in [5.74, 6) is -0.399. The van der Waals surface area contributed by atoms with Crippen LogP contribution in [-0.4, -0.2) is 30.6 Å². The molecule has 0 aliphatic carbocycles. The van der Waals surface area contributed by atoms with E-state index < -0.39 is 0 Å². The molecule has 0 spiro atoms. The van der Waals surface area contributed by atoms with Crippen LogP contribution >= 0.6 is 0 Å². The molecule has 0 N–H and O–H groups in total.